The fourth-order valence-electron chi connectivity index (χ4n) is 2.17. The van der Waals surface area contributed by atoms with Crippen molar-refractivity contribution in [1.29, 1.82) is 10.5 Å². The number of rotatable bonds is 3. The van der Waals surface area contributed by atoms with E-state index in [9.17, 15) is 0 Å². The van der Waals surface area contributed by atoms with Gasteiger partial charge in [-0.05, 0) is 6.42 Å². The van der Waals surface area contributed by atoms with Gasteiger partial charge >= 0.3 is 0 Å². The molecule has 22 heavy (non-hydrogen) atoms. The lowest BCUT2D eigenvalue weighted by molar-refractivity contribution is 1.25. The maximum atomic E-state index is 8.78. The fourth-order valence-corrected chi connectivity index (χ4v) is 2.17. The minimum atomic E-state index is 0.0986. The van der Waals surface area contributed by atoms with Crippen LogP contribution >= 0.6 is 0 Å². The van der Waals surface area contributed by atoms with E-state index in [0.29, 0.717) is 12.1 Å². The van der Waals surface area contributed by atoms with E-state index in [1.54, 1.807) is 12.3 Å². The smallest absolute Gasteiger partial charge is 0.156 e. The summed E-state index contributed by atoms with van der Waals surface area (Å²) in [6, 6.07) is 13.5. The first-order valence-electron chi connectivity index (χ1n) is 6.70. The molecule has 104 valence electrons. The molecule has 5 heteroatoms. The molecule has 0 unspecified atom stereocenters. The molecular formula is C17H11N5. The molecule has 3 rings (SSSR count). The van der Waals surface area contributed by atoms with Crippen molar-refractivity contribution < 1.29 is 0 Å². The van der Waals surface area contributed by atoms with E-state index in [-0.39, 0.29) is 5.57 Å². The molecule has 0 atom stereocenters. The number of hydrogen-bond acceptors (Lipinski definition) is 4. The van der Waals surface area contributed by atoms with Crippen molar-refractivity contribution >= 4 is 11.2 Å². The number of nitriles is 2. The van der Waals surface area contributed by atoms with Crippen LogP contribution in [0.4, 0.5) is 0 Å². The van der Waals surface area contributed by atoms with Crippen LogP contribution in [0.3, 0.4) is 0 Å². The summed E-state index contributed by atoms with van der Waals surface area (Å²) < 4.78 is 0. The van der Waals surface area contributed by atoms with Crippen molar-refractivity contribution in [2.24, 2.45) is 0 Å². The molecule has 0 saturated heterocycles. The second-order valence-electron chi connectivity index (χ2n) is 4.68. The zero-order valence-corrected chi connectivity index (χ0v) is 11.6. The summed E-state index contributed by atoms with van der Waals surface area (Å²) in [6.45, 7) is 0. The molecule has 2 aromatic heterocycles. The number of nitrogens with zero attached hydrogens (tertiary/aromatic N) is 4. The Balaban J connectivity index is 2.02. The zero-order valence-electron chi connectivity index (χ0n) is 11.6. The minimum absolute atomic E-state index is 0.0986. The third kappa shape index (κ3) is 2.56. The summed E-state index contributed by atoms with van der Waals surface area (Å²) >= 11 is 0. The third-order valence-corrected chi connectivity index (χ3v) is 3.30. The van der Waals surface area contributed by atoms with E-state index >= 15 is 0 Å². The van der Waals surface area contributed by atoms with Gasteiger partial charge in [0.2, 0.25) is 0 Å². The van der Waals surface area contributed by atoms with Crippen LogP contribution < -0.4 is 0 Å². The van der Waals surface area contributed by atoms with Gasteiger partial charge in [0.15, 0.2) is 5.65 Å². The number of hydrogen-bond donors (Lipinski definition) is 1. The van der Waals surface area contributed by atoms with Crippen LogP contribution in [0.25, 0.3) is 22.4 Å². The van der Waals surface area contributed by atoms with E-state index < -0.39 is 0 Å². The third-order valence-electron chi connectivity index (χ3n) is 3.30. The first kappa shape index (κ1) is 13.5. The number of fused-ring (bicyclic) bond motifs is 1. The Hall–Kier alpha value is -3.44. The minimum Gasteiger partial charge on any atom is -0.345 e. The Kier molecular flexibility index (Phi) is 3.63. The highest BCUT2D eigenvalue weighted by atomic mass is 14.9. The van der Waals surface area contributed by atoms with Crippen molar-refractivity contribution in [3.63, 3.8) is 0 Å². The number of aromatic amines is 1. The Morgan fingerprint density at radius 1 is 1.18 bits per heavy atom. The van der Waals surface area contributed by atoms with Gasteiger partial charge in [0.25, 0.3) is 0 Å². The van der Waals surface area contributed by atoms with Crippen LogP contribution in [-0.4, -0.2) is 15.0 Å². The van der Waals surface area contributed by atoms with Gasteiger partial charge in [-0.25, -0.2) is 9.97 Å². The topological polar surface area (TPSA) is 89.1 Å². The number of allylic oxidation sites excluding steroid dienone is 2. The predicted molar refractivity (Wildman–Crippen MR) is 82.3 cm³/mol. The molecule has 0 spiro atoms. The van der Waals surface area contributed by atoms with E-state index in [4.69, 9.17) is 10.5 Å². The second kappa shape index (κ2) is 5.90. The molecule has 1 aromatic carbocycles. The molecule has 0 amide bonds. The molecule has 0 aliphatic heterocycles. The summed E-state index contributed by atoms with van der Waals surface area (Å²) in [4.78, 5) is 12.1. The highest BCUT2D eigenvalue weighted by molar-refractivity contribution is 5.78. The van der Waals surface area contributed by atoms with Crippen LogP contribution in [-0.2, 0) is 6.42 Å². The summed E-state index contributed by atoms with van der Waals surface area (Å²) in [5.74, 6) is 0. The molecule has 0 aliphatic carbocycles. The SMILES string of the molecule is N#CC(C#N)=CCc1c[nH]c2ncc(-c3ccccc3)nc12. The molecule has 3 aromatic rings. The summed E-state index contributed by atoms with van der Waals surface area (Å²) in [5.41, 5.74) is 4.24. The van der Waals surface area contributed by atoms with Crippen LogP contribution in [0.15, 0.2) is 54.4 Å². The van der Waals surface area contributed by atoms with Crippen LogP contribution in [0.2, 0.25) is 0 Å². The van der Waals surface area contributed by atoms with E-state index in [1.165, 1.54) is 0 Å². The van der Waals surface area contributed by atoms with Gasteiger partial charge in [-0.2, -0.15) is 10.5 Å². The Morgan fingerprint density at radius 2 is 1.95 bits per heavy atom. The lowest BCUT2D eigenvalue weighted by Gasteiger charge is -2.01. The Bertz CT molecular complexity index is 907. The van der Waals surface area contributed by atoms with Gasteiger partial charge < -0.3 is 4.98 Å². The number of aromatic nitrogens is 3. The standard InChI is InChI=1S/C17H11N5/c18-8-12(9-19)6-7-14-10-20-17-16(14)22-15(11-21-17)13-4-2-1-3-5-13/h1-6,10-11H,7H2,(H,20,21). The molecular weight excluding hydrogens is 274 g/mol. The molecule has 1 N–H and O–H groups in total. The van der Waals surface area contributed by atoms with Gasteiger partial charge in [-0.3, -0.25) is 0 Å². The monoisotopic (exact) mass is 285 g/mol. The van der Waals surface area contributed by atoms with E-state index in [0.717, 1.165) is 22.3 Å². The highest BCUT2D eigenvalue weighted by Gasteiger charge is 2.08. The van der Waals surface area contributed by atoms with Crippen molar-refractivity contribution in [2.75, 3.05) is 0 Å². The molecule has 0 radical (unpaired) electrons. The summed E-state index contributed by atoms with van der Waals surface area (Å²) in [7, 11) is 0. The second-order valence-corrected chi connectivity index (χ2v) is 4.68. The zero-order chi connectivity index (χ0) is 15.4. The number of H-pyrrole nitrogens is 1. The maximum absolute atomic E-state index is 8.78. The maximum Gasteiger partial charge on any atom is 0.156 e. The number of nitrogens with one attached hydrogen (secondary N) is 1. The lowest BCUT2D eigenvalue weighted by atomic mass is 10.1. The normalized spacial score (nSPS) is 9.91. The van der Waals surface area contributed by atoms with Gasteiger partial charge in [-0.1, -0.05) is 36.4 Å². The molecule has 0 saturated carbocycles. The van der Waals surface area contributed by atoms with Crippen molar-refractivity contribution in [3.8, 4) is 23.4 Å². The van der Waals surface area contributed by atoms with Crippen molar-refractivity contribution in [3.05, 3.63) is 59.9 Å². The highest BCUT2D eigenvalue weighted by Crippen LogP contribution is 2.21. The molecule has 5 nitrogen and oxygen atoms in total. The molecule has 0 bridgehead atoms. The van der Waals surface area contributed by atoms with Crippen LogP contribution in [0.5, 0.6) is 0 Å². The Morgan fingerprint density at radius 3 is 2.68 bits per heavy atom. The predicted octanol–water partition coefficient (Wildman–Crippen LogP) is 3.14. The Labute approximate surface area is 127 Å². The van der Waals surface area contributed by atoms with E-state index in [1.807, 2.05) is 48.7 Å². The largest absolute Gasteiger partial charge is 0.345 e. The van der Waals surface area contributed by atoms with Crippen LogP contribution in [0.1, 0.15) is 5.56 Å². The van der Waals surface area contributed by atoms with Crippen molar-refractivity contribution in [2.45, 2.75) is 6.42 Å². The summed E-state index contributed by atoms with van der Waals surface area (Å²) in [6.07, 6.45) is 5.59. The fraction of sp³-hybridized carbons (Fsp3) is 0.0588. The first-order valence-corrected chi connectivity index (χ1v) is 6.70. The van der Waals surface area contributed by atoms with Gasteiger partial charge in [0.05, 0.1) is 11.9 Å². The van der Waals surface area contributed by atoms with Gasteiger partial charge in [-0.15, -0.1) is 0 Å². The first-order chi connectivity index (χ1) is 10.8. The van der Waals surface area contributed by atoms with E-state index in [2.05, 4.69) is 15.0 Å². The van der Waals surface area contributed by atoms with Gasteiger partial charge in [0, 0.05) is 17.3 Å². The van der Waals surface area contributed by atoms with Crippen molar-refractivity contribution in [1.82, 2.24) is 15.0 Å². The molecule has 0 fully saturated rings. The van der Waals surface area contributed by atoms with Gasteiger partial charge in [0.1, 0.15) is 23.2 Å². The van der Waals surface area contributed by atoms with Crippen LogP contribution in [0, 0.1) is 22.7 Å². The molecule has 2 heterocycles. The number of benzene rings is 1. The average molecular weight is 285 g/mol. The molecule has 0 aliphatic rings. The lowest BCUT2D eigenvalue weighted by Crippen LogP contribution is -1.89. The average Bonchev–Trinajstić information content (AvgIpc) is 2.99. The quantitative estimate of drug-likeness (QED) is 0.748. The summed E-state index contributed by atoms with van der Waals surface area (Å²) in [5, 5.41) is 17.6.